The summed E-state index contributed by atoms with van der Waals surface area (Å²) in [6.45, 7) is 1.45. The van der Waals surface area contributed by atoms with Crippen LogP contribution in [0.5, 0.6) is 0 Å². The molecule has 1 atom stereocenters. The summed E-state index contributed by atoms with van der Waals surface area (Å²) in [5.41, 5.74) is 4.99. The first kappa shape index (κ1) is 13.9. The van der Waals surface area contributed by atoms with Crippen LogP contribution in [0.2, 0.25) is 5.02 Å². The SMILES string of the molecule is Clc1cc(C(Br)c2ccc3c(c2)COC3)ccc1I. The van der Waals surface area contributed by atoms with Gasteiger partial charge in [0, 0.05) is 3.57 Å². The molecule has 0 amide bonds. The Morgan fingerprint density at radius 1 is 1.05 bits per heavy atom. The minimum Gasteiger partial charge on any atom is -0.372 e. The molecule has 2 aromatic carbocycles. The van der Waals surface area contributed by atoms with Crippen LogP contribution in [-0.2, 0) is 18.0 Å². The molecule has 0 spiro atoms. The molecule has 0 radical (unpaired) electrons. The van der Waals surface area contributed by atoms with Crippen molar-refractivity contribution in [1.82, 2.24) is 0 Å². The summed E-state index contributed by atoms with van der Waals surface area (Å²) in [5.74, 6) is 0. The number of hydrogen-bond acceptors (Lipinski definition) is 1. The van der Waals surface area contributed by atoms with Crippen molar-refractivity contribution >= 4 is 50.1 Å². The molecule has 0 fully saturated rings. The van der Waals surface area contributed by atoms with Crippen LogP contribution >= 0.6 is 50.1 Å². The molecule has 2 aromatic rings. The van der Waals surface area contributed by atoms with E-state index in [-0.39, 0.29) is 4.83 Å². The lowest BCUT2D eigenvalue weighted by atomic mass is 10.0. The molecule has 0 aromatic heterocycles. The van der Waals surface area contributed by atoms with Gasteiger partial charge in [-0.25, -0.2) is 0 Å². The molecular weight excluding hydrogens is 438 g/mol. The number of fused-ring (bicyclic) bond motifs is 1. The van der Waals surface area contributed by atoms with Crippen molar-refractivity contribution in [1.29, 1.82) is 0 Å². The van der Waals surface area contributed by atoms with Gasteiger partial charge < -0.3 is 4.74 Å². The first-order chi connectivity index (χ1) is 9.15. The molecule has 19 heavy (non-hydrogen) atoms. The van der Waals surface area contributed by atoms with Crippen molar-refractivity contribution in [3.8, 4) is 0 Å². The van der Waals surface area contributed by atoms with Gasteiger partial charge >= 0.3 is 0 Å². The summed E-state index contributed by atoms with van der Waals surface area (Å²) < 4.78 is 6.53. The minimum absolute atomic E-state index is 0.160. The number of ether oxygens (including phenoxy) is 1. The Morgan fingerprint density at radius 3 is 2.53 bits per heavy atom. The fourth-order valence-corrected chi connectivity index (χ4v) is 3.31. The summed E-state index contributed by atoms with van der Waals surface area (Å²) >= 11 is 12.2. The van der Waals surface area contributed by atoms with E-state index in [0.717, 1.165) is 21.8 Å². The highest BCUT2D eigenvalue weighted by Gasteiger charge is 2.16. The van der Waals surface area contributed by atoms with Gasteiger partial charge in [0.15, 0.2) is 0 Å². The van der Waals surface area contributed by atoms with Crippen LogP contribution in [0.25, 0.3) is 0 Å². The summed E-state index contributed by atoms with van der Waals surface area (Å²) in [6, 6.07) is 12.7. The molecule has 0 aliphatic carbocycles. The largest absolute Gasteiger partial charge is 0.372 e. The van der Waals surface area contributed by atoms with Gasteiger partial charge in [-0.15, -0.1) is 0 Å². The van der Waals surface area contributed by atoms with Crippen molar-refractivity contribution in [2.45, 2.75) is 18.0 Å². The van der Waals surface area contributed by atoms with E-state index >= 15 is 0 Å². The van der Waals surface area contributed by atoms with Gasteiger partial charge in [0.1, 0.15) is 0 Å². The molecular formula is C15H11BrClIO. The normalized spacial score (nSPS) is 15.3. The topological polar surface area (TPSA) is 9.23 Å². The van der Waals surface area contributed by atoms with Crippen LogP contribution in [0.3, 0.4) is 0 Å². The third-order valence-electron chi connectivity index (χ3n) is 3.27. The Balaban J connectivity index is 1.94. The molecule has 1 heterocycles. The van der Waals surface area contributed by atoms with E-state index in [1.54, 1.807) is 0 Å². The Kier molecular flexibility index (Phi) is 4.17. The Bertz CT molecular complexity index is 630. The number of halogens is 3. The second kappa shape index (κ2) is 5.72. The van der Waals surface area contributed by atoms with Gasteiger partial charge in [-0.2, -0.15) is 0 Å². The average Bonchev–Trinajstić information content (AvgIpc) is 2.88. The third-order valence-corrected chi connectivity index (χ3v) is 5.90. The molecule has 3 rings (SSSR count). The average molecular weight is 450 g/mol. The van der Waals surface area contributed by atoms with Crippen LogP contribution in [0.15, 0.2) is 36.4 Å². The van der Waals surface area contributed by atoms with E-state index in [1.807, 2.05) is 12.1 Å². The number of alkyl halides is 1. The summed E-state index contributed by atoms with van der Waals surface area (Å²) in [7, 11) is 0. The van der Waals surface area contributed by atoms with Crippen molar-refractivity contribution in [3.63, 3.8) is 0 Å². The Morgan fingerprint density at radius 2 is 1.74 bits per heavy atom. The van der Waals surface area contributed by atoms with Gasteiger partial charge in [0.25, 0.3) is 0 Å². The highest BCUT2D eigenvalue weighted by Crippen LogP contribution is 2.35. The van der Waals surface area contributed by atoms with Crippen molar-refractivity contribution in [2.75, 3.05) is 0 Å². The maximum atomic E-state index is 6.19. The lowest BCUT2D eigenvalue weighted by molar-refractivity contribution is 0.134. The Hall–Kier alpha value is -0.100. The maximum absolute atomic E-state index is 6.19. The van der Waals surface area contributed by atoms with E-state index in [2.05, 4.69) is 62.8 Å². The highest BCUT2D eigenvalue weighted by molar-refractivity contribution is 14.1. The van der Waals surface area contributed by atoms with Crippen molar-refractivity contribution in [2.24, 2.45) is 0 Å². The lowest BCUT2D eigenvalue weighted by Gasteiger charge is -2.13. The fraction of sp³-hybridized carbons (Fsp3) is 0.200. The van der Waals surface area contributed by atoms with Crippen molar-refractivity contribution < 1.29 is 4.74 Å². The van der Waals surface area contributed by atoms with E-state index < -0.39 is 0 Å². The second-order valence-electron chi connectivity index (χ2n) is 4.56. The minimum atomic E-state index is 0.160. The molecule has 1 aliphatic heterocycles. The molecule has 0 N–H and O–H groups in total. The molecule has 4 heteroatoms. The van der Waals surface area contributed by atoms with Crippen LogP contribution in [0.4, 0.5) is 0 Å². The standard InChI is InChI=1S/C15H11BrClIO/c16-15(10-3-4-14(18)13(17)6-10)9-1-2-11-7-19-8-12(11)5-9/h1-6,15H,7-8H2. The zero-order chi connectivity index (χ0) is 13.4. The quantitative estimate of drug-likeness (QED) is 0.437. The van der Waals surface area contributed by atoms with E-state index in [4.69, 9.17) is 16.3 Å². The molecule has 1 aliphatic rings. The molecule has 1 unspecified atom stereocenters. The number of rotatable bonds is 2. The van der Waals surface area contributed by atoms with E-state index in [0.29, 0.717) is 0 Å². The van der Waals surface area contributed by atoms with Gasteiger partial charge in [0.05, 0.1) is 23.1 Å². The molecule has 98 valence electrons. The van der Waals surface area contributed by atoms with Gasteiger partial charge in [-0.05, 0) is 57.0 Å². The summed E-state index contributed by atoms with van der Waals surface area (Å²) in [5, 5.41) is 0.798. The Labute approximate surface area is 139 Å². The predicted molar refractivity (Wildman–Crippen MR) is 89.9 cm³/mol. The second-order valence-corrected chi connectivity index (χ2v) is 7.04. The zero-order valence-corrected chi connectivity index (χ0v) is 14.5. The lowest BCUT2D eigenvalue weighted by Crippen LogP contribution is -1.95. The van der Waals surface area contributed by atoms with E-state index in [1.165, 1.54) is 22.3 Å². The summed E-state index contributed by atoms with van der Waals surface area (Å²) in [4.78, 5) is 0.160. The van der Waals surface area contributed by atoms with Crippen LogP contribution in [0.1, 0.15) is 27.1 Å². The first-order valence-electron chi connectivity index (χ1n) is 5.93. The highest BCUT2D eigenvalue weighted by atomic mass is 127. The molecule has 0 saturated heterocycles. The number of hydrogen-bond donors (Lipinski definition) is 0. The van der Waals surface area contributed by atoms with E-state index in [9.17, 15) is 0 Å². The monoisotopic (exact) mass is 448 g/mol. The van der Waals surface area contributed by atoms with Gasteiger partial charge in [0.2, 0.25) is 0 Å². The third kappa shape index (κ3) is 2.84. The summed E-state index contributed by atoms with van der Waals surface area (Å²) in [6.07, 6.45) is 0. The first-order valence-corrected chi connectivity index (χ1v) is 8.31. The fourth-order valence-electron chi connectivity index (χ4n) is 2.21. The predicted octanol–water partition coefficient (Wildman–Crippen LogP) is 5.46. The van der Waals surface area contributed by atoms with Crippen molar-refractivity contribution in [3.05, 3.63) is 67.2 Å². The van der Waals surface area contributed by atoms with Gasteiger partial charge in [-0.3, -0.25) is 0 Å². The zero-order valence-electron chi connectivity index (χ0n) is 10.00. The van der Waals surface area contributed by atoms with Gasteiger partial charge in [-0.1, -0.05) is 51.8 Å². The molecule has 1 nitrogen and oxygen atoms in total. The molecule has 0 saturated carbocycles. The van der Waals surface area contributed by atoms with Crippen LogP contribution in [0, 0.1) is 3.57 Å². The number of benzene rings is 2. The van der Waals surface area contributed by atoms with Crippen LogP contribution < -0.4 is 0 Å². The van der Waals surface area contributed by atoms with Crippen LogP contribution in [-0.4, -0.2) is 0 Å². The smallest absolute Gasteiger partial charge is 0.0725 e. The molecule has 0 bridgehead atoms. The maximum Gasteiger partial charge on any atom is 0.0725 e.